The molecule has 1 fully saturated rings. The van der Waals surface area contributed by atoms with Crippen molar-refractivity contribution >= 4 is 17.5 Å². The van der Waals surface area contributed by atoms with Crippen LogP contribution in [0.15, 0.2) is 48.5 Å². The van der Waals surface area contributed by atoms with E-state index >= 15 is 8.78 Å². The van der Waals surface area contributed by atoms with E-state index < -0.39 is 57.8 Å². The summed E-state index contributed by atoms with van der Waals surface area (Å²) in [5, 5.41) is 12.8. The van der Waals surface area contributed by atoms with Gasteiger partial charge < -0.3 is 30.4 Å². The zero-order valence-corrected chi connectivity index (χ0v) is 23.3. The number of fused-ring (bicyclic) bond motifs is 1. The quantitative estimate of drug-likeness (QED) is 0.263. The molecule has 1 saturated carbocycles. The van der Waals surface area contributed by atoms with E-state index in [1.165, 1.54) is 7.11 Å². The highest BCUT2D eigenvalue weighted by Crippen LogP contribution is 2.57. The minimum absolute atomic E-state index is 0.0423. The van der Waals surface area contributed by atoms with Crippen LogP contribution in [-0.4, -0.2) is 43.4 Å². The van der Waals surface area contributed by atoms with Gasteiger partial charge in [0.25, 0.3) is 0 Å². The molecule has 1 amide bonds. The molecule has 0 radical (unpaired) electrons. The number of amides is 1. The van der Waals surface area contributed by atoms with Gasteiger partial charge in [0.15, 0.2) is 17.2 Å². The van der Waals surface area contributed by atoms with Gasteiger partial charge >= 0.3 is 6.61 Å². The van der Waals surface area contributed by atoms with E-state index in [2.05, 4.69) is 10.1 Å². The van der Waals surface area contributed by atoms with Gasteiger partial charge in [0.1, 0.15) is 17.7 Å². The molecule has 1 heterocycles. The van der Waals surface area contributed by atoms with Crippen LogP contribution >= 0.6 is 11.6 Å². The number of methoxy groups -OCH3 is 1. The number of nitrogens with two attached hydrogens (primary N) is 1. The maximum atomic E-state index is 15.9. The fourth-order valence-electron chi connectivity index (χ4n) is 5.93. The Morgan fingerprint density at radius 1 is 1.14 bits per heavy atom. The molecule has 0 saturated heterocycles. The van der Waals surface area contributed by atoms with Crippen molar-refractivity contribution in [3.05, 3.63) is 81.9 Å². The van der Waals surface area contributed by atoms with Crippen molar-refractivity contribution in [2.45, 2.75) is 56.1 Å². The van der Waals surface area contributed by atoms with Crippen molar-refractivity contribution < 1.29 is 41.7 Å². The molecule has 3 aromatic carbocycles. The number of hydrogen-bond donors (Lipinski definition) is 3. The molecule has 3 aromatic rings. The predicted molar refractivity (Wildman–Crippen MR) is 147 cm³/mol. The summed E-state index contributed by atoms with van der Waals surface area (Å²) in [5.41, 5.74) is 3.56. The average molecular weight is 609 g/mol. The number of aliphatic hydroxyl groups excluding tert-OH is 1. The molecule has 5 rings (SSSR count). The highest BCUT2D eigenvalue weighted by Gasteiger charge is 2.53. The third kappa shape index (κ3) is 5.42. The third-order valence-corrected chi connectivity index (χ3v) is 8.26. The summed E-state index contributed by atoms with van der Waals surface area (Å²) >= 11 is 6.46. The van der Waals surface area contributed by atoms with Gasteiger partial charge in [-0.3, -0.25) is 4.79 Å². The molecule has 0 bridgehead atoms. The Balaban J connectivity index is 1.71. The minimum atomic E-state index is -3.38. The molecule has 2 atom stereocenters. The molecule has 1 aliphatic carbocycles. The highest BCUT2D eigenvalue weighted by atomic mass is 35.5. The van der Waals surface area contributed by atoms with Crippen molar-refractivity contribution in [2.24, 2.45) is 5.73 Å². The maximum absolute atomic E-state index is 15.9. The number of carbonyl (C=O) groups is 1. The van der Waals surface area contributed by atoms with Crippen molar-refractivity contribution in [3.8, 4) is 22.6 Å². The second-order valence-electron chi connectivity index (χ2n) is 10.4. The maximum Gasteiger partial charge on any atom is 0.387 e. The first-order valence-corrected chi connectivity index (χ1v) is 13.7. The number of halogens is 5. The van der Waals surface area contributed by atoms with Gasteiger partial charge in [-0.25, -0.2) is 8.78 Å². The lowest BCUT2D eigenvalue weighted by atomic mass is 9.82. The molecular formula is C30H29ClF4N2O5. The van der Waals surface area contributed by atoms with Gasteiger partial charge in [0.2, 0.25) is 5.91 Å². The molecule has 12 heteroatoms. The molecule has 1 aliphatic heterocycles. The minimum Gasteiger partial charge on any atom is -0.478 e. The van der Waals surface area contributed by atoms with E-state index in [1.807, 2.05) is 6.07 Å². The Hall–Kier alpha value is -3.38. The Morgan fingerprint density at radius 3 is 2.45 bits per heavy atom. The fraction of sp³-hybridized carbons (Fsp3) is 0.367. The van der Waals surface area contributed by atoms with Crippen LogP contribution in [0.2, 0.25) is 5.02 Å². The van der Waals surface area contributed by atoms with Gasteiger partial charge in [0, 0.05) is 42.5 Å². The van der Waals surface area contributed by atoms with Gasteiger partial charge in [-0.2, -0.15) is 8.78 Å². The highest BCUT2D eigenvalue weighted by molar-refractivity contribution is 6.34. The average Bonchev–Trinajstić information content (AvgIpc) is 3.28. The van der Waals surface area contributed by atoms with Crippen LogP contribution in [0.3, 0.4) is 0 Å². The molecule has 2 aliphatic rings. The van der Waals surface area contributed by atoms with Crippen LogP contribution in [0.5, 0.6) is 11.5 Å². The lowest BCUT2D eigenvalue weighted by molar-refractivity contribution is -0.0577. The fourth-order valence-corrected chi connectivity index (χ4v) is 6.18. The number of carbonyl (C=O) groups excluding carboxylic acids is 1. The van der Waals surface area contributed by atoms with Crippen LogP contribution in [0.1, 0.15) is 53.3 Å². The largest absolute Gasteiger partial charge is 0.478 e. The molecule has 7 nitrogen and oxygen atoms in total. The molecule has 4 N–H and O–H groups in total. The Morgan fingerprint density at radius 2 is 1.83 bits per heavy atom. The van der Waals surface area contributed by atoms with Crippen LogP contribution in [-0.2, 0) is 10.3 Å². The summed E-state index contributed by atoms with van der Waals surface area (Å²) in [7, 11) is 1.39. The Kier molecular flexibility index (Phi) is 8.66. The lowest BCUT2D eigenvalue weighted by Gasteiger charge is -2.37. The van der Waals surface area contributed by atoms with Gasteiger partial charge in [-0.05, 0) is 43.4 Å². The van der Waals surface area contributed by atoms with Crippen LogP contribution < -0.4 is 20.5 Å². The van der Waals surface area contributed by atoms with Crippen molar-refractivity contribution in [3.63, 3.8) is 0 Å². The van der Waals surface area contributed by atoms with E-state index in [9.17, 15) is 18.7 Å². The number of primary amides is 1. The van der Waals surface area contributed by atoms with Gasteiger partial charge in [-0.1, -0.05) is 41.9 Å². The smallest absolute Gasteiger partial charge is 0.387 e. The van der Waals surface area contributed by atoms with E-state index in [0.717, 1.165) is 18.2 Å². The van der Waals surface area contributed by atoms with E-state index in [-0.39, 0.29) is 35.6 Å². The molecule has 0 spiro atoms. The third-order valence-electron chi connectivity index (χ3n) is 7.89. The molecule has 0 unspecified atom stereocenters. The summed E-state index contributed by atoms with van der Waals surface area (Å²) in [4.78, 5) is 12.4. The molecular weight excluding hydrogens is 580 g/mol. The zero-order valence-electron chi connectivity index (χ0n) is 22.5. The molecule has 0 aromatic heterocycles. The first kappa shape index (κ1) is 30.1. The Bertz CT molecular complexity index is 1470. The molecule has 42 heavy (non-hydrogen) atoms. The number of alkyl halides is 2. The summed E-state index contributed by atoms with van der Waals surface area (Å²) < 4.78 is 74.3. The standard InChI is InChI=1S/C30H29ClF4N2O5/c1-40-27-23-21(42-30(27,15-5-3-2-4-6-15)14-37-16-7-9-17(38)10-8-16)13-19(32)25(31)24(23)22-18(28(36)39)11-12-20(26(22)33)41-29(34)35/h2-6,11-13,16-17,27,29,37-38H,7-10,14H2,1H3,(H2,36,39)/t16-,17+,27-,30+/m0/s1. The number of ether oxygens (including phenoxy) is 3. The number of hydrogen-bond acceptors (Lipinski definition) is 6. The number of rotatable bonds is 9. The van der Waals surface area contributed by atoms with Crippen molar-refractivity contribution in [1.82, 2.24) is 5.32 Å². The van der Waals surface area contributed by atoms with Crippen LogP contribution in [0.25, 0.3) is 11.1 Å². The van der Waals surface area contributed by atoms with Crippen LogP contribution in [0.4, 0.5) is 17.6 Å². The normalized spacial score (nSPS) is 23.5. The SMILES string of the molecule is CO[C@H]1c2c(cc(F)c(Cl)c2-c2c(C(N)=O)ccc(OC(F)F)c2F)O[C@]1(CN[C@H]1CC[C@@H](O)CC1)c1ccccc1. The Labute approximate surface area is 244 Å². The first-order valence-electron chi connectivity index (χ1n) is 13.4. The topological polar surface area (TPSA) is 103 Å². The monoisotopic (exact) mass is 608 g/mol. The number of aliphatic hydroxyl groups is 1. The summed E-state index contributed by atoms with van der Waals surface area (Å²) in [5.74, 6) is -4.42. The summed E-state index contributed by atoms with van der Waals surface area (Å²) in [6, 6.07) is 11.9. The van der Waals surface area contributed by atoms with E-state index in [1.54, 1.807) is 24.3 Å². The lowest BCUT2D eigenvalue weighted by Crippen LogP contribution is -2.49. The second kappa shape index (κ2) is 12.1. The van der Waals surface area contributed by atoms with E-state index in [4.69, 9.17) is 26.8 Å². The summed E-state index contributed by atoms with van der Waals surface area (Å²) in [6.45, 7) is -3.23. The second-order valence-corrected chi connectivity index (χ2v) is 10.7. The zero-order chi connectivity index (χ0) is 30.2. The summed E-state index contributed by atoms with van der Waals surface area (Å²) in [6.07, 6.45) is 1.27. The number of benzene rings is 3. The predicted octanol–water partition coefficient (Wildman–Crippen LogP) is 5.85. The van der Waals surface area contributed by atoms with Gasteiger partial charge in [0.05, 0.1) is 16.7 Å². The first-order chi connectivity index (χ1) is 20.1. The van der Waals surface area contributed by atoms with Gasteiger partial charge in [-0.15, -0.1) is 0 Å². The van der Waals surface area contributed by atoms with Crippen LogP contribution in [0, 0.1) is 11.6 Å². The molecule has 224 valence electrons. The number of nitrogens with one attached hydrogen (secondary N) is 1. The van der Waals surface area contributed by atoms with E-state index in [0.29, 0.717) is 31.2 Å². The van der Waals surface area contributed by atoms with Crippen molar-refractivity contribution in [1.29, 1.82) is 0 Å². The van der Waals surface area contributed by atoms with Crippen molar-refractivity contribution in [2.75, 3.05) is 13.7 Å².